The Morgan fingerprint density at radius 3 is 2.65 bits per heavy atom. The van der Waals surface area contributed by atoms with Crippen LogP contribution in [0.1, 0.15) is 54.6 Å². The van der Waals surface area contributed by atoms with Gasteiger partial charge in [0, 0.05) is 0 Å². The van der Waals surface area contributed by atoms with E-state index in [1.807, 2.05) is 24.3 Å². The number of hydrogen-bond acceptors (Lipinski definition) is 4. The van der Waals surface area contributed by atoms with E-state index in [1.165, 1.54) is 0 Å². The summed E-state index contributed by atoms with van der Waals surface area (Å²) in [5.74, 6) is -0.915. The van der Waals surface area contributed by atoms with E-state index in [1.54, 1.807) is 17.7 Å². The van der Waals surface area contributed by atoms with Crippen LogP contribution in [0.25, 0.3) is 5.69 Å². The van der Waals surface area contributed by atoms with Gasteiger partial charge in [-0.3, -0.25) is 4.79 Å². The number of para-hydroxylation sites is 1. The lowest BCUT2D eigenvalue weighted by Gasteiger charge is -2.13. The molecule has 1 amide bonds. The number of hydrogen-bond donors (Lipinski definition) is 2. The molecule has 1 heterocycles. The molecule has 1 aromatic heterocycles. The van der Waals surface area contributed by atoms with Crippen LogP contribution in [0.4, 0.5) is 0 Å². The molecule has 1 aromatic carbocycles. The smallest absolute Gasteiger partial charge is 0.326 e. The maximum atomic E-state index is 12.4. The number of carboxylic acid groups (broad SMARTS) is 1. The topological polar surface area (TPSA) is 97.1 Å². The summed E-state index contributed by atoms with van der Waals surface area (Å²) >= 11 is 0. The summed E-state index contributed by atoms with van der Waals surface area (Å²) in [6.07, 6.45) is 2.36. The highest BCUT2D eigenvalue weighted by molar-refractivity contribution is 5.93. The third kappa shape index (κ3) is 4.36. The Bertz CT molecular complexity index is 811. The maximum absolute atomic E-state index is 12.4. The predicted molar refractivity (Wildman–Crippen MR) is 98.5 cm³/mol. The zero-order valence-corrected chi connectivity index (χ0v) is 15.3. The molecule has 1 unspecified atom stereocenters. The zero-order chi connectivity index (χ0) is 19.3. The van der Waals surface area contributed by atoms with Crippen LogP contribution in [-0.4, -0.2) is 37.8 Å². The summed E-state index contributed by atoms with van der Waals surface area (Å²) in [5.41, 5.74) is 1.94. The Balaban J connectivity index is 2.28. The van der Waals surface area contributed by atoms with Gasteiger partial charge in [0.15, 0.2) is 0 Å². The van der Waals surface area contributed by atoms with E-state index in [0.717, 1.165) is 11.3 Å². The molecule has 26 heavy (non-hydrogen) atoms. The second-order valence-corrected chi connectivity index (χ2v) is 6.34. The van der Waals surface area contributed by atoms with Gasteiger partial charge in [-0.25, -0.2) is 14.5 Å². The third-order valence-electron chi connectivity index (χ3n) is 4.02. The average Bonchev–Trinajstić information content (AvgIpc) is 2.99. The Morgan fingerprint density at radius 1 is 1.35 bits per heavy atom. The van der Waals surface area contributed by atoms with Gasteiger partial charge < -0.3 is 10.4 Å². The third-order valence-corrected chi connectivity index (χ3v) is 4.02. The summed E-state index contributed by atoms with van der Waals surface area (Å²) in [5, 5.41) is 16.0. The van der Waals surface area contributed by atoms with Crippen molar-refractivity contribution >= 4 is 11.9 Å². The molecular weight excluding hydrogens is 332 g/mol. The van der Waals surface area contributed by atoms with E-state index in [4.69, 9.17) is 0 Å². The lowest BCUT2D eigenvalue weighted by molar-refractivity contribution is -0.139. The summed E-state index contributed by atoms with van der Waals surface area (Å²) in [6.45, 7) is 9.48. The Morgan fingerprint density at radius 2 is 2.04 bits per heavy atom. The van der Waals surface area contributed by atoms with Crippen LogP contribution in [0.15, 0.2) is 36.9 Å². The minimum absolute atomic E-state index is 0.0501. The molecule has 1 atom stereocenters. The molecule has 7 heteroatoms. The number of allylic oxidation sites excluding steroid dienone is 1. The van der Waals surface area contributed by atoms with Crippen LogP contribution in [0.2, 0.25) is 0 Å². The number of carbonyl (C=O) groups excluding carboxylic acids is 1. The number of nitrogens with zero attached hydrogens (tertiary/aromatic N) is 3. The van der Waals surface area contributed by atoms with Crippen molar-refractivity contribution < 1.29 is 14.7 Å². The Hall–Kier alpha value is -2.96. The number of aryl methyl sites for hydroxylation is 1. The van der Waals surface area contributed by atoms with Crippen LogP contribution in [0, 0.1) is 6.92 Å². The first-order valence-electron chi connectivity index (χ1n) is 8.52. The molecule has 2 rings (SSSR count). The number of amides is 1. The minimum atomic E-state index is -1.10. The highest BCUT2D eigenvalue weighted by atomic mass is 16.4. The summed E-state index contributed by atoms with van der Waals surface area (Å²) < 4.78 is 1.61. The average molecular weight is 356 g/mol. The van der Waals surface area contributed by atoms with Gasteiger partial charge in [0.05, 0.1) is 5.69 Å². The summed E-state index contributed by atoms with van der Waals surface area (Å²) in [4.78, 5) is 27.9. The van der Waals surface area contributed by atoms with Crippen molar-refractivity contribution in [3.8, 4) is 5.69 Å². The van der Waals surface area contributed by atoms with Crippen LogP contribution in [0.5, 0.6) is 0 Å². The minimum Gasteiger partial charge on any atom is -0.480 e. The van der Waals surface area contributed by atoms with E-state index >= 15 is 0 Å². The quantitative estimate of drug-likeness (QED) is 0.709. The molecule has 0 saturated heterocycles. The fraction of sp³-hybridized carbons (Fsp3) is 0.368. The molecular formula is C19H24N4O3. The monoisotopic (exact) mass is 356 g/mol. The first kappa shape index (κ1) is 19.4. The molecule has 0 radical (unpaired) electrons. The van der Waals surface area contributed by atoms with Crippen molar-refractivity contribution in [2.24, 2.45) is 0 Å². The number of benzene rings is 1. The van der Waals surface area contributed by atoms with Crippen molar-refractivity contribution in [3.63, 3.8) is 0 Å². The summed E-state index contributed by atoms with van der Waals surface area (Å²) in [6, 6.07) is 6.78. The molecule has 0 saturated carbocycles. The van der Waals surface area contributed by atoms with Gasteiger partial charge in [0.25, 0.3) is 5.91 Å². The van der Waals surface area contributed by atoms with Gasteiger partial charge in [0.2, 0.25) is 5.82 Å². The van der Waals surface area contributed by atoms with Gasteiger partial charge in [-0.2, -0.15) is 0 Å². The zero-order valence-electron chi connectivity index (χ0n) is 15.3. The van der Waals surface area contributed by atoms with Crippen LogP contribution < -0.4 is 5.32 Å². The molecule has 2 N–H and O–H groups in total. The standard InChI is InChI=1S/C19H24N4O3/c1-5-6-10-15(19(25)26)21-18(24)17-20-13(4)23(22-17)16-11-8-7-9-14(16)12(2)3/h5,7-9,11-12,15H,1,6,10H2,2-4H3,(H,21,24)(H,25,26). The SMILES string of the molecule is C=CCCC(NC(=O)c1nc(C)n(-c2ccccc2C(C)C)n1)C(=O)O. The molecule has 138 valence electrons. The van der Waals surface area contributed by atoms with Crippen molar-refractivity contribution in [1.29, 1.82) is 0 Å². The number of nitrogens with one attached hydrogen (secondary N) is 1. The molecule has 7 nitrogen and oxygen atoms in total. The van der Waals surface area contributed by atoms with E-state index in [-0.39, 0.29) is 18.2 Å². The van der Waals surface area contributed by atoms with Crippen molar-refractivity contribution in [1.82, 2.24) is 20.1 Å². The van der Waals surface area contributed by atoms with Gasteiger partial charge in [-0.1, -0.05) is 38.1 Å². The van der Waals surface area contributed by atoms with Gasteiger partial charge in [0.1, 0.15) is 11.9 Å². The molecule has 0 aliphatic carbocycles. The molecule has 0 aliphatic heterocycles. The number of aliphatic carboxylic acids is 1. The highest BCUT2D eigenvalue weighted by Crippen LogP contribution is 2.23. The first-order valence-corrected chi connectivity index (χ1v) is 8.52. The highest BCUT2D eigenvalue weighted by Gasteiger charge is 2.23. The van der Waals surface area contributed by atoms with E-state index in [2.05, 4.69) is 35.8 Å². The van der Waals surface area contributed by atoms with Crippen molar-refractivity contribution in [2.75, 3.05) is 0 Å². The number of carboxylic acids is 1. The molecule has 2 aromatic rings. The van der Waals surface area contributed by atoms with E-state index in [9.17, 15) is 14.7 Å². The second-order valence-electron chi connectivity index (χ2n) is 6.34. The molecule has 0 fully saturated rings. The summed E-state index contributed by atoms with van der Waals surface area (Å²) in [7, 11) is 0. The van der Waals surface area contributed by atoms with Gasteiger partial charge >= 0.3 is 5.97 Å². The van der Waals surface area contributed by atoms with Crippen molar-refractivity contribution in [3.05, 3.63) is 54.1 Å². The van der Waals surface area contributed by atoms with Crippen molar-refractivity contribution in [2.45, 2.75) is 45.6 Å². The Kier molecular flexibility index (Phi) is 6.27. The molecule has 0 bridgehead atoms. The first-order chi connectivity index (χ1) is 12.3. The fourth-order valence-electron chi connectivity index (χ4n) is 2.65. The number of aromatic nitrogens is 3. The lowest BCUT2D eigenvalue weighted by atomic mass is 10.0. The van der Waals surface area contributed by atoms with E-state index < -0.39 is 17.9 Å². The van der Waals surface area contributed by atoms with Crippen LogP contribution in [0.3, 0.4) is 0 Å². The second kappa shape index (κ2) is 8.42. The maximum Gasteiger partial charge on any atom is 0.326 e. The van der Waals surface area contributed by atoms with Gasteiger partial charge in [-0.05, 0) is 37.3 Å². The fourth-order valence-corrected chi connectivity index (χ4v) is 2.65. The molecule has 0 aliphatic rings. The number of rotatable bonds is 8. The largest absolute Gasteiger partial charge is 0.480 e. The normalized spacial score (nSPS) is 12.0. The van der Waals surface area contributed by atoms with Gasteiger partial charge in [-0.15, -0.1) is 11.7 Å². The predicted octanol–water partition coefficient (Wildman–Crippen LogP) is 2.85. The number of carbonyl (C=O) groups is 2. The molecule has 0 spiro atoms. The lowest BCUT2D eigenvalue weighted by Crippen LogP contribution is -2.41. The Labute approximate surface area is 152 Å². The van der Waals surface area contributed by atoms with Crippen LogP contribution in [-0.2, 0) is 4.79 Å². The van der Waals surface area contributed by atoms with Crippen LogP contribution >= 0.6 is 0 Å². The van der Waals surface area contributed by atoms with E-state index in [0.29, 0.717) is 12.2 Å².